The lowest BCUT2D eigenvalue weighted by atomic mass is 9.73. The molecule has 27 heavy (non-hydrogen) atoms. The fraction of sp³-hybridized carbons (Fsp3) is 0.348. The number of hydrogen-bond donors (Lipinski definition) is 0. The van der Waals surface area contributed by atoms with E-state index in [2.05, 4.69) is 20.4 Å². The molecule has 144 valence electrons. The van der Waals surface area contributed by atoms with Crippen LogP contribution in [0.15, 0.2) is 55.1 Å². The Labute approximate surface area is 160 Å². The number of halogens is 1. The van der Waals surface area contributed by atoms with Crippen molar-refractivity contribution in [2.45, 2.75) is 45.4 Å². The molecule has 0 N–H and O–H groups in total. The van der Waals surface area contributed by atoms with Crippen molar-refractivity contribution in [2.24, 2.45) is 0 Å². The van der Waals surface area contributed by atoms with Crippen molar-refractivity contribution in [3.05, 3.63) is 72.1 Å². The lowest BCUT2D eigenvalue weighted by Crippen LogP contribution is -2.23. The Morgan fingerprint density at radius 3 is 2.30 bits per heavy atom. The van der Waals surface area contributed by atoms with Crippen molar-refractivity contribution in [3.63, 3.8) is 0 Å². The van der Waals surface area contributed by atoms with Crippen LogP contribution in [0, 0.1) is 5.82 Å². The molecule has 2 aromatic rings. The van der Waals surface area contributed by atoms with E-state index in [1.165, 1.54) is 17.7 Å². The summed E-state index contributed by atoms with van der Waals surface area (Å²) in [4.78, 5) is 11.7. The van der Waals surface area contributed by atoms with Crippen LogP contribution in [0.3, 0.4) is 0 Å². The molecule has 0 aliphatic rings. The van der Waals surface area contributed by atoms with Crippen LogP contribution >= 0.6 is 0 Å². The van der Waals surface area contributed by atoms with Gasteiger partial charge in [-0.15, -0.1) is 6.58 Å². The summed E-state index contributed by atoms with van der Waals surface area (Å²) in [6, 6.07) is 11.8. The molecule has 0 saturated heterocycles. The molecule has 0 saturated carbocycles. The zero-order valence-electron chi connectivity index (χ0n) is 16.3. The fourth-order valence-corrected chi connectivity index (χ4v) is 3.27. The molecule has 3 nitrogen and oxygen atoms in total. The zero-order chi connectivity index (χ0) is 19.9. The first kappa shape index (κ1) is 20.7. The number of benzene rings is 2. The highest BCUT2D eigenvalue weighted by Gasteiger charge is 2.26. The highest BCUT2D eigenvalue weighted by atomic mass is 19.1. The van der Waals surface area contributed by atoms with E-state index in [9.17, 15) is 9.18 Å². The smallest absolute Gasteiger partial charge is 0.338 e. The average Bonchev–Trinajstić information content (AvgIpc) is 2.68. The second kappa shape index (κ2) is 9.36. The third-order valence-corrected chi connectivity index (χ3v) is 5.03. The van der Waals surface area contributed by atoms with Gasteiger partial charge in [0, 0.05) is 0 Å². The highest BCUT2D eigenvalue weighted by Crippen LogP contribution is 2.37. The molecule has 0 atom stereocenters. The van der Waals surface area contributed by atoms with E-state index in [0.29, 0.717) is 5.75 Å². The Morgan fingerprint density at radius 1 is 1.11 bits per heavy atom. The van der Waals surface area contributed by atoms with Crippen LogP contribution < -0.4 is 4.74 Å². The standard InChI is InChI=1S/C23H27FO3/c1-5-15-23(6-2,7-3)18-10-12-19(13-11-18)27-21-14-9-17(16-20(21)24)22(25)26-8-4/h5,9-14,16H,1,6-8,15H2,2-4H3. The molecule has 0 spiro atoms. The van der Waals surface area contributed by atoms with E-state index in [1.54, 1.807) is 6.92 Å². The molecule has 0 aromatic heterocycles. The Kier molecular flexibility index (Phi) is 7.17. The van der Waals surface area contributed by atoms with Crippen LogP contribution in [0.5, 0.6) is 11.5 Å². The predicted octanol–water partition coefficient (Wildman–Crippen LogP) is 6.43. The van der Waals surface area contributed by atoms with Crippen LogP contribution in [-0.2, 0) is 10.2 Å². The largest absolute Gasteiger partial charge is 0.462 e. The Bertz CT molecular complexity index is 777. The number of rotatable bonds is 9. The van der Waals surface area contributed by atoms with E-state index in [0.717, 1.165) is 25.3 Å². The normalized spacial score (nSPS) is 11.1. The number of carbonyl (C=O) groups excluding carboxylic acids is 1. The molecular weight excluding hydrogens is 343 g/mol. The van der Waals surface area contributed by atoms with Gasteiger partial charge in [-0.25, -0.2) is 9.18 Å². The van der Waals surface area contributed by atoms with Crippen molar-refractivity contribution >= 4 is 5.97 Å². The summed E-state index contributed by atoms with van der Waals surface area (Å²) < 4.78 is 24.8. The minimum Gasteiger partial charge on any atom is -0.462 e. The van der Waals surface area contributed by atoms with Gasteiger partial charge >= 0.3 is 5.97 Å². The SMILES string of the molecule is C=CCC(CC)(CC)c1ccc(Oc2ccc(C(=O)OCC)cc2F)cc1. The number of ether oxygens (including phenoxy) is 2. The quantitative estimate of drug-likeness (QED) is 0.377. The van der Waals surface area contributed by atoms with Crippen molar-refractivity contribution < 1.29 is 18.7 Å². The summed E-state index contributed by atoms with van der Waals surface area (Å²) in [6.45, 7) is 10.2. The number of allylic oxidation sites excluding steroid dienone is 1. The Balaban J connectivity index is 2.19. The van der Waals surface area contributed by atoms with Gasteiger partial charge in [0.05, 0.1) is 12.2 Å². The third-order valence-electron chi connectivity index (χ3n) is 5.03. The van der Waals surface area contributed by atoms with E-state index in [4.69, 9.17) is 9.47 Å². The molecule has 2 aromatic carbocycles. The minimum atomic E-state index is -0.604. The fourth-order valence-electron chi connectivity index (χ4n) is 3.27. The highest BCUT2D eigenvalue weighted by molar-refractivity contribution is 5.89. The lowest BCUT2D eigenvalue weighted by Gasteiger charge is -2.31. The summed E-state index contributed by atoms with van der Waals surface area (Å²) in [7, 11) is 0. The number of carbonyl (C=O) groups is 1. The third kappa shape index (κ3) is 4.76. The maximum atomic E-state index is 14.3. The summed E-state index contributed by atoms with van der Waals surface area (Å²) >= 11 is 0. The maximum absolute atomic E-state index is 14.3. The van der Waals surface area contributed by atoms with Crippen LogP contribution in [0.1, 0.15) is 56.0 Å². The first-order valence-corrected chi connectivity index (χ1v) is 9.35. The second-order valence-corrected chi connectivity index (χ2v) is 6.47. The monoisotopic (exact) mass is 370 g/mol. The van der Waals surface area contributed by atoms with Gasteiger partial charge in [-0.3, -0.25) is 0 Å². The van der Waals surface area contributed by atoms with Crippen LogP contribution in [0.2, 0.25) is 0 Å². The van der Waals surface area contributed by atoms with E-state index >= 15 is 0 Å². The van der Waals surface area contributed by atoms with Gasteiger partial charge in [0.15, 0.2) is 11.6 Å². The Morgan fingerprint density at radius 2 is 1.78 bits per heavy atom. The molecule has 0 heterocycles. The van der Waals surface area contributed by atoms with Gasteiger partial charge in [-0.2, -0.15) is 0 Å². The van der Waals surface area contributed by atoms with Gasteiger partial charge in [0.2, 0.25) is 0 Å². The number of esters is 1. The van der Waals surface area contributed by atoms with Gasteiger partial charge in [-0.1, -0.05) is 32.1 Å². The molecule has 0 unspecified atom stereocenters. The van der Waals surface area contributed by atoms with Gasteiger partial charge in [-0.05, 0) is 67.5 Å². The molecule has 0 radical (unpaired) electrons. The summed E-state index contributed by atoms with van der Waals surface area (Å²) in [5, 5.41) is 0. The van der Waals surface area contributed by atoms with E-state index < -0.39 is 11.8 Å². The van der Waals surface area contributed by atoms with Crippen molar-refractivity contribution in [1.82, 2.24) is 0 Å². The molecule has 0 amide bonds. The summed E-state index contributed by atoms with van der Waals surface area (Å²) in [6.07, 6.45) is 4.89. The Hall–Kier alpha value is -2.62. The maximum Gasteiger partial charge on any atom is 0.338 e. The molecule has 0 aliphatic carbocycles. The van der Waals surface area contributed by atoms with Crippen LogP contribution in [-0.4, -0.2) is 12.6 Å². The molecular formula is C23H27FO3. The first-order chi connectivity index (χ1) is 13.0. The molecule has 0 aliphatic heterocycles. The number of hydrogen-bond acceptors (Lipinski definition) is 3. The van der Waals surface area contributed by atoms with Crippen molar-refractivity contribution in [3.8, 4) is 11.5 Å². The summed E-state index contributed by atoms with van der Waals surface area (Å²) in [5.74, 6) is -0.543. The predicted molar refractivity (Wildman–Crippen MR) is 106 cm³/mol. The molecule has 0 bridgehead atoms. The minimum absolute atomic E-state index is 0.0623. The van der Waals surface area contributed by atoms with Crippen molar-refractivity contribution in [2.75, 3.05) is 6.61 Å². The molecule has 2 rings (SSSR count). The average molecular weight is 370 g/mol. The van der Waals surface area contributed by atoms with Gasteiger partial charge < -0.3 is 9.47 Å². The van der Waals surface area contributed by atoms with Crippen LogP contribution in [0.4, 0.5) is 4.39 Å². The second-order valence-electron chi connectivity index (χ2n) is 6.47. The van der Waals surface area contributed by atoms with E-state index in [-0.39, 0.29) is 23.3 Å². The zero-order valence-corrected chi connectivity index (χ0v) is 16.3. The van der Waals surface area contributed by atoms with Crippen LogP contribution in [0.25, 0.3) is 0 Å². The lowest BCUT2D eigenvalue weighted by molar-refractivity contribution is 0.0525. The van der Waals surface area contributed by atoms with Gasteiger partial charge in [0.1, 0.15) is 5.75 Å². The topological polar surface area (TPSA) is 35.5 Å². The van der Waals surface area contributed by atoms with E-state index in [1.807, 2.05) is 30.3 Å². The summed E-state index contributed by atoms with van der Waals surface area (Å²) in [5.41, 5.74) is 1.45. The first-order valence-electron chi connectivity index (χ1n) is 9.35. The van der Waals surface area contributed by atoms with Crippen molar-refractivity contribution in [1.29, 1.82) is 0 Å². The van der Waals surface area contributed by atoms with Gasteiger partial charge in [0.25, 0.3) is 0 Å². The molecule has 0 fully saturated rings. The molecule has 4 heteroatoms.